The minimum absolute atomic E-state index is 0.221. The molecule has 0 spiro atoms. The molecule has 0 aromatic rings. The van der Waals surface area contributed by atoms with Gasteiger partial charge in [0, 0.05) is 10.4 Å². The molecule has 1 aliphatic heterocycles. The van der Waals surface area contributed by atoms with Gasteiger partial charge < -0.3 is 4.79 Å². The van der Waals surface area contributed by atoms with E-state index in [1.807, 2.05) is 0 Å². The van der Waals surface area contributed by atoms with E-state index in [1.54, 1.807) is 12.2 Å². The quantitative estimate of drug-likeness (QED) is 0.520. The van der Waals surface area contributed by atoms with Crippen LogP contribution in [-0.4, -0.2) is 30.3 Å². The van der Waals surface area contributed by atoms with Gasteiger partial charge in [0.25, 0.3) is 0 Å². The van der Waals surface area contributed by atoms with Gasteiger partial charge in [-0.05, 0) is 38.1 Å². The maximum atomic E-state index is 14.1. The summed E-state index contributed by atoms with van der Waals surface area (Å²) in [5.41, 5.74) is 0. The van der Waals surface area contributed by atoms with E-state index in [4.69, 9.17) is 0 Å². The molecule has 19 heavy (non-hydrogen) atoms. The number of hydrogen-bond donors (Lipinski definition) is 0. The predicted octanol–water partition coefficient (Wildman–Crippen LogP) is 3.99. The minimum Gasteiger partial charge on any atom is -0.302 e. The molecule has 0 bridgehead atoms. The first-order valence-corrected chi connectivity index (χ1v) is 7.47. The van der Waals surface area contributed by atoms with Gasteiger partial charge in [0.15, 0.2) is 0 Å². The number of carbonyl (C=O) groups is 1. The van der Waals surface area contributed by atoms with Crippen LogP contribution in [0.3, 0.4) is 0 Å². The molecule has 0 aromatic heterocycles. The second-order valence-corrected chi connectivity index (χ2v) is 5.79. The number of likely N-dealkylation sites (tertiary alicyclic amines) is 1. The summed E-state index contributed by atoms with van der Waals surface area (Å²) in [6, 6.07) is -0.316. The lowest BCUT2D eigenvalue weighted by Gasteiger charge is -2.22. The predicted molar refractivity (Wildman–Crippen MR) is 80.8 cm³/mol. The number of hydrogen-bond acceptors (Lipinski definition) is 2. The van der Waals surface area contributed by atoms with E-state index in [0.29, 0.717) is 10.9 Å². The van der Waals surface area contributed by atoms with Crippen molar-refractivity contribution in [1.29, 1.82) is 0 Å². The molecule has 4 heteroatoms. The number of nitrogens with zero attached hydrogens (tertiary/aromatic N) is 1. The summed E-state index contributed by atoms with van der Waals surface area (Å²) in [5.74, 6) is -0.524. The van der Waals surface area contributed by atoms with Crippen molar-refractivity contribution in [2.75, 3.05) is 13.1 Å². The van der Waals surface area contributed by atoms with Crippen LogP contribution >= 0.6 is 15.9 Å². The van der Waals surface area contributed by atoms with E-state index < -0.39 is 0 Å². The van der Waals surface area contributed by atoms with E-state index in [2.05, 4.69) is 34.3 Å². The van der Waals surface area contributed by atoms with Crippen molar-refractivity contribution in [3.05, 3.63) is 35.1 Å². The molecular formula is C15H21BrFNO. The van der Waals surface area contributed by atoms with Gasteiger partial charge in [-0.25, -0.2) is 4.39 Å². The SMILES string of the molecule is C=C(Br)/C=C\C=C(/F)C1CCN(CCCC)C1C=O. The monoisotopic (exact) mass is 329 g/mol. The summed E-state index contributed by atoms with van der Waals surface area (Å²) in [6.07, 6.45) is 8.44. The molecule has 0 radical (unpaired) electrons. The maximum absolute atomic E-state index is 14.1. The number of allylic oxidation sites excluding steroid dienone is 4. The molecule has 0 amide bonds. The smallest absolute Gasteiger partial charge is 0.137 e. The third-order valence-electron chi connectivity index (χ3n) is 3.39. The van der Waals surface area contributed by atoms with Gasteiger partial charge in [0.05, 0.1) is 6.04 Å². The summed E-state index contributed by atoms with van der Waals surface area (Å²) in [4.78, 5) is 13.3. The van der Waals surface area contributed by atoms with Gasteiger partial charge in [-0.1, -0.05) is 41.9 Å². The highest BCUT2D eigenvalue weighted by Gasteiger charge is 2.35. The Kier molecular flexibility index (Phi) is 7.24. The molecule has 1 aliphatic rings. The fourth-order valence-electron chi connectivity index (χ4n) is 2.35. The lowest BCUT2D eigenvalue weighted by atomic mass is 9.99. The van der Waals surface area contributed by atoms with Crippen LogP contribution in [0, 0.1) is 5.92 Å². The van der Waals surface area contributed by atoms with Gasteiger partial charge in [0.2, 0.25) is 0 Å². The molecule has 0 N–H and O–H groups in total. The summed E-state index contributed by atoms with van der Waals surface area (Å²) in [6.45, 7) is 7.42. The van der Waals surface area contributed by atoms with E-state index >= 15 is 0 Å². The Bertz CT molecular complexity index is 378. The standard InChI is InChI=1S/C15H21BrFNO/c1-3-4-9-18-10-8-13(15(18)11-19)14(17)7-5-6-12(2)16/h5-7,11,13,15H,2-4,8-10H2,1H3/b6-5-,14-7-. The van der Waals surface area contributed by atoms with Crippen LogP contribution in [-0.2, 0) is 4.79 Å². The summed E-state index contributed by atoms with van der Waals surface area (Å²) in [5, 5.41) is 0. The number of unbranched alkanes of at least 4 members (excludes halogenated alkanes) is 1. The molecular weight excluding hydrogens is 309 g/mol. The number of aldehydes is 1. The first-order valence-electron chi connectivity index (χ1n) is 6.67. The molecule has 0 aliphatic carbocycles. The minimum atomic E-state index is -0.316. The van der Waals surface area contributed by atoms with Gasteiger partial charge >= 0.3 is 0 Å². The average Bonchev–Trinajstić information content (AvgIpc) is 2.78. The fraction of sp³-hybridized carbons (Fsp3) is 0.533. The Balaban J connectivity index is 2.67. The lowest BCUT2D eigenvalue weighted by molar-refractivity contribution is -0.112. The second-order valence-electron chi connectivity index (χ2n) is 4.77. The van der Waals surface area contributed by atoms with Crippen molar-refractivity contribution < 1.29 is 9.18 Å². The van der Waals surface area contributed by atoms with Crippen molar-refractivity contribution in [2.24, 2.45) is 5.92 Å². The molecule has 2 nitrogen and oxygen atoms in total. The van der Waals surface area contributed by atoms with Crippen molar-refractivity contribution in [2.45, 2.75) is 32.2 Å². The Morgan fingerprint density at radius 1 is 1.58 bits per heavy atom. The number of halogens is 2. The normalized spacial score (nSPS) is 25.1. The number of rotatable bonds is 7. The zero-order valence-corrected chi connectivity index (χ0v) is 12.9. The van der Waals surface area contributed by atoms with Crippen molar-refractivity contribution >= 4 is 22.2 Å². The molecule has 1 heterocycles. The van der Waals surface area contributed by atoms with Crippen molar-refractivity contribution in [1.82, 2.24) is 4.90 Å². The van der Waals surface area contributed by atoms with Crippen LogP contribution in [0.4, 0.5) is 4.39 Å². The summed E-state index contributed by atoms with van der Waals surface area (Å²) >= 11 is 3.17. The molecule has 2 unspecified atom stereocenters. The Labute approximate surface area is 123 Å². The molecule has 1 fully saturated rings. The first-order chi connectivity index (χ1) is 9.10. The molecule has 0 aromatic carbocycles. The lowest BCUT2D eigenvalue weighted by Crippen LogP contribution is -2.35. The third kappa shape index (κ3) is 5.03. The molecule has 2 atom stereocenters. The highest BCUT2D eigenvalue weighted by molar-refractivity contribution is 9.11. The topological polar surface area (TPSA) is 20.3 Å². The largest absolute Gasteiger partial charge is 0.302 e. The van der Waals surface area contributed by atoms with Gasteiger partial charge in [-0.3, -0.25) is 4.90 Å². The van der Waals surface area contributed by atoms with E-state index in [1.165, 1.54) is 6.08 Å². The Morgan fingerprint density at radius 3 is 2.89 bits per heavy atom. The highest BCUT2D eigenvalue weighted by atomic mass is 79.9. The zero-order valence-electron chi connectivity index (χ0n) is 11.3. The van der Waals surface area contributed by atoms with Crippen molar-refractivity contribution in [3.63, 3.8) is 0 Å². The third-order valence-corrected chi connectivity index (χ3v) is 3.65. The van der Waals surface area contributed by atoms with Crippen molar-refractivity contribution in [3.8, 4) is 0 Å². The van der Waals surface area contributed by atoms with Gasteiger partial charge in [-0.15, -0.1) is 0 Å². The zero-order chi connectivity index (χ0) is 14.3. The van der Waals surface area contributed by atoms with Crippen LogP contribution in [0.2, 0.25) is 0 Å². The van der Waals surface area contributed by atoms with E-state index in [9.17, 15) is 9.18 Å². The number of carbonyl (C=O) groups excluding carboxylic acids is 1. The molecule has 106 valence electrons. The fourth-order valence-corrected chi connectivity index (χ4v) is 2.50. The van der Waals surface area contributed by atoms with Crippen LogP contribution < -0.4 is 0 Å². The van der Waals surface area contributed by atoms with Crippen LogP contribution in [0.15, 0.2) is 35.1 Å². The highest BCUT2D eigenvalue weighted by Crippen LogP contribution is 2.30. The average molecular weight is 330 g/mol. The first kappa shape index (κ1) is 16.3. The van der Waals surface area contributed by atoms with Crippen LogP contribution in [0.25, 0.3) is 0 Å². The van der Waals surface area contributed by atoms with E-state index in [-0.39, 0.29) is 17.8 Å². The maximum Gasteiger partial charge on any atom is 0.137 e. The molecule has 1 saturated heterocycles. The van der Waals surface area contributed by atoms with Gasteiger partial charge in [0.1, 0.15) is 12.1 Å². The van der Waals surface area contributed by atoms with Crippen LogP contribution in [0.5, 0.6) is 0 Å². The molecule has 0 saturated carbocycles. The van der Waals surface area contributed by atoms with Gasteiger partial charge in [-0.2, -0.15) is 0 Å². The second kappa shape index (κ2) is 8.43. The summed E-state index contributed by atoms with van der Waals surface area (Å²) in [7, 11) is 0. The van der Waals surface area contributed by atoms with Crippen LogP contribution in [0.1, 0.15) is 26.2 Å². The Hall–Kier alpha value is -0.740. The molecule has 1 rings (SSSR count). The summed E-state index contributed by atoms with van der Waals surface area (Å²) < 4.78 is 14.8. The Morgan fingerprint density at radius 2 is 2.32 bits per heavy atom. The van der Waals surface area contributed by atoms with E-state index in [0.717, 1.165) is 32.2 Å².